The predicted molar refractivity (Wildman–Crippen MR) is 104 cm³/mol. The third-order valence-electron chi connectivity index (χ3n) is 5.13. The maximum absolute atomic E-state index is 13.2. The van der Waals surface area contributed by atoms with Crippen LogP contribution in [0, 0.1) is 0 Å². The van der Waals surface area contributed by atoms with Crippen molar-refractivity contribution in [3.05, 3.63) is 59.7 Å². The van der Waals surface area contributed by atoms with Gasteiger partial charge in [-0.15, -0.1) is 0 Å². The highest BCUT2D eigenvalue weighted by Crippen LogP contribution is 2.32. The summed E-state index contributed by atoms with van der Waals surface area (Å²) in [5.41, 5.74) is 0.972. The number of alkyl halides is 3. The minimum Gasteiger partial charge on any atom is -0.341 e. The Morgan fingerprint density at radius 1 is 1.07 bits per heavy atom. The number of carbonyl (C=O) groups excluding carboxylic acids is 1. The molecule has 2 aromatic carbocycles. The van der Waals surface area contributed by atoms with Crippen molar-refractivity contribution in [2.45, 2.75) is 31.5 Å². The number of carbonyl (C=O) groups is 1. The van der Waals surface area contributed by atoms with Crippen LogP contribution in [0.1, 0.15) is 36.4 Å². The average molecular weight is 402 g/mol. The van der Waals surface area contributed by atoms with Crippen molar-refractivity contribution in [2.75, 3.05) is 18.4 Å². The Labute approximate surface area is 165 Å². The van der Waals surface area contributed by atoms with Crippen molar-refractivity contribution in [3.8, 4) is 0 Å². The molecular formula is C21H21F3N4O. The molecule has 8 heteroatoms. The van der Waals surface area contributed by atoms with E-state index in [1.807, 2.05) is 24.3 Å². The lowest BCUT2D eigenvalue weighted by Gasteiger charge is -2.31. The Kier molecular flexibility index (Phi) is 5.17. The van der Waals surface area contributed by atoms with Crippen LogP contribution in [0.15, 0.2) is 48.5 Å². The highest BCUT2D eigenvalue weighted by molar-refractivity contribution is 5.86. The second kappa shape index (κ2) is 7.77. The van der Waals surface area contributed by atoms with Crippen LogP contribution in [0.5, 0.6) is 0 Å². The molecule has 1 aliphatic heterocycles. The van der Waals surface area contributed by atoms with Crippen LogP contribution < -0.4 is 5.32 Å². The van der Waals surface area contributed by atoms with E-state index in [2.05, 4.69) is 15.3 Å². The molecule has 3 aromatic rings. The lowest BCUT2D eigenvalue weighted by Crippen LogP contribution is -2.41. The number of nitrogens with zero attached hydrogens (tertiary/aromatic N) is 2. The van der Waals surface area contributed by atoms with E-state index in [-0.39, 0.29) is 11.5 Å². The van der Waals surface area contributed by atoms with Gasteiger partial charge in [-0.05, 0) is 49.1 Å². The van der Waals surface area contributed by atoms with E-state index in [1.165, 1.54) is 12.1 Å². The van der Waals surface area contributed by atoms with Gasteiger partial charge in [0.2, 0.25) is 11.9 Å². The summed E-state index contributed by atoms with van der Waals surface area (Å²) in [5.74, 6) is 0.100. The van der Waals surface area contributed by atoms with Gasteiger partial charge in [-0.3, -0.25) is 4.79 Å². The molecule has 1 fully saturated rings. The van der Waals surface area contributed by atoms with Crippen molar-refractivity contribution in [1.29, 1.82) is 0 Å². The largest absolute Gasteiger partial charge is 0.416 e. The minimum absolute atomic E-state index is 0.246. The summed E-state index contributed by atoms with van der Waals surface area (Å²) in [6.07, 6.45) is -1.64. The number of hydrogen-bond acceptors (Lipinski definition) is 3. The summed E-state index contributed by atoms with van der Waals surface area (Å²) in [4.78, 5) is 22.4. The van der Waals surface area contributed by atoms with Gasteiger partial charge in [-0.2, -0.15) is 13.2 Å². The number of H-pyrrole nitrogens is 1. The number of rotatable bonds is 4. The first-order valence-corrected chi connectivity index (χ1v) is 9.59. The fourth-order valence-corrected chi connectivity index (χ4v) is 3.64. The van der Waals surface area contributed by atoms with Crippen LogP contribution >= 0.6 is 0 Å². The number of amides is 1. The number of anilines is 1. The van der Waals surface area contributed by atoms with Crippen molar-refractivity contribution < 1.29 is 18.0 Å². The molecule has 0 aliphatic carbocycles. The Bertz CT molecular complexity index is 975. The molecule has 4 rings (SSSR count). The third-order valence-corrected chi connectivity index (χ3v) is 5.13. The van der Waals surface area contributed by atoms with Gasteiger partial charge in [0.05, 0.1) is 16.6 Å². The van der Waals surface area contributed by atoms with E-state index in [0.29, 0.717) is 24.6 Å². The van der Waals surface area contributed by atoms with Crippen molar-refractivity contribution in [1.82, 2.24) is 14.9 Å². The average Bonchev–Trinajstić information content (AvgIpc) is 3.14. The predicted octanol–water partition coefficient (Wildman–Crippen LogP) is 4.75. The Morgan fingerprint density at radius 3 is 2.55 bits per heavy atom. The molecule has 1 aromatic heterocycles. The van der Waals surface area contributed by atoms with Crippen LogP contribution in [-0.2, 0) is 11.0 Å². The fourth-order valence-electron chi connectivity index (χ4n) is 3.64. The van der Waals surface area contributed by atoms with Gasteiger partial charge in [0.25, 0.3) is 0 Å². The number of halogens is 3. The van der Waals surface area contributed by atoms with Gasteiger partial charge in [-0.25, -0.2) is 4.98 Å². The number of hydrogen-bond donors (Lipinski definition) is 2. The molecule has 2 N–H and O–H groups in total. The van der Waals surface area contributed by atoms with Crippen LogP contribution in [-0.4, -0.2) is 33.9 Å². The van der Waals surface area contributed by atoms with Gasteiger partial charge in [0.1, 0.15) is 6.04 Å². The zero-order valence-electron chi connectivity index (χ0n) is 15.7. The normalized spacial score (nSPS) is 16.0. The molecule has 152 valence electrons. The maximum atomic E-state index is 13.2. The van der Waals surface area contributed by atoms with E-state index in [4.69, 9.17) is 0 Å². The van der Waals surface area contributed by atoms with Gasteiger partial charge in [0, 0.05) is 13.1 Å². The second-order valence-corrected chi connectivity index (χ2v) is 7.19. The van der Waals surface area contributed by atoms with Gasteiger partial charge < -0.3 is 15.2 Å². The summed E-state index contributed by atoms with van der Waals surface area (Å²) in [5, 5.41) is 3.04. The highest BCUT2D eigenvalue weighted by atomic mass is 19.4. The molecule has 2 heterocycles. The molecule has 1 atom stereocenters. The van der Waals surface area contributed by atoms with Crippen molar-refractivity contribution in [2.24, 2.45) is 0 Å². The van der Waals surface area contributed by atoms with Gasteiger partial charge in [-0.1, -0.05) is 24.3 Å². The molecule has 5 nitrogen and oxygen atoms in total. The van der Waals surface area contributed by atoms with Gasteiger partial charge in [0.15, 0.2) is 0 Å². The summed E-state index contributed by atoms with van der Waals surface area (Å²) in [7, 11) is 0. The number of para-hydroxylation sites is 2. The van der Waals surface area contributed by atoms with Crippen LogP contribution in [0.2, 0.25) is 0 Å². The zero-order chi connectivity index (χ0) is 20.4. The molecule has 0 spiro atoms. The molecule has 0 radical (unpaired) electrons. The first-order chi connectivity index (χ1) is 13.9. The van der Waals surface area contributed by atoms with Gasteiger partial charge >= 0.3 is 6.18 Å². The quantitative estimate of drug-likeness (QED) is 0.662. The summed E-state index contributed by atoms with van der Waals surface area (Å²) in [6.45, 7) is 1.21. The molecule has 1 saturated heterocycles. The first-order valence-electron chi connectivity index (χ1n) is 9.59. The monoisotopic (exact) mass is 402 g/mol. The lowest BCUT2D eigenvalue weighted by atomic mass is 10.0. The molecular weight excluding hydrogens is 381 g/mol. The topological polar surface area (TPSA) is 61.0 Å². The lowest BCUT2D eigenvalue weighted by molar-refractivity contribution is -0.138. The van der Waals surface area contributed by atoms with E-state index >= 15 is 0 Å². The number of imidazole rings is 1. The van der Waals surface area contributed by atoms with E-state index in [1.54, 1.807) is 4.90 Å². The number of nitrogens with one attached hydrogen (secondary N) is 2. The SMILES string of the molecule is O=C(C(Nc1nc2ccccc2[nH]1)c1cccc(C(F)(F)F)c1)N1CCCCC1. The molecule has 0 saturated carbocycles. The maximum Gasteiger partial charge on any atom is 0.416 e. The van der Waals surface area contributed by atoms with Crippen molar-refractivity contribution >= 4 is 22.9 Å². The molecule has 0 bridgehead atoms. The second-order valence-electron chi connectivity index (χ2n) is 7.19. The molecule has 1 unspecified atom stereocenters. The minimum atomic E-state index is -4.48. The number of likely N-dealkylation sites (tertiary alicyclic amines) is 1. The summed E-state index contributed by atoms with van der Waals surface area (Å²) >= 11 is 0. The Balaban J connectivity index is 1.69. The zero-order valence-corrected chi connectivity index (χ0v) is 15.7. The Hall–Kier alpha value is -3.03. The number of aromatic nitrogens is 2. The van der Waals surface area contributed by atoms with Crippen LogP contribution in [0.25, 0.3) is 11.0 Å². The standard InChI is InChI=1S/C21H21F3N4O/c22-21(23,24)15-8-6-7-14(13-15)18(19(29)28-11-4-1-5-12-28)27-20-25-16-9-2-3-10-17(16)26-20/h2-3,6-10,13,18H,1,4-5,11-12H2,(H2,25,26,27). The molecule has 29 heavy (non-hydrogen) atoms. The first kappa shape index (κ1) is 19.3. The van der Waals surface area contributed by atoms with Crippen molar-refractivity contribution in [3.63, 3.8) is 0 Å². The van der Waals surface area contributed by atoms with E-state index < -0.39 is 17.8 Å². The number of benzene rings is 2. The van der Waals surface area contributed by atoms with E-state index in [9.17, 15) is 18.0 Å². The molecule has 1 amide bonds. The van der Waals surface area contributed by atoms with E-state index in [0.717, 1.165) is 36.9 Å². The number of fused-ring (bicyclic) bond motifs is 1. The smallest absolute Gasteiger partial charge is 0.341 e. The van der Waals surface area contributed by atoms with Crippen LogP contribution in [0.3, 0.4) is 0 Å². The molecule has 1 aliphatic rings. The highest BCUT2D eigenvalue weighted by Gasteiger charge is 2.33. The Morgan fingerprint density at radius 2 is 1.83 bits per heavy atom. The third kappa shape index (κ3) is 4.21. The summed E-state index contributed by atoms with van der Waals surface area (Å²) < 4.78 is 39.7. The summed E-state index contributed by atoms with van der Waals surface area (Å²) in [6, 6.07) is 11.3. The number of aromatic amines is 1. The van der Waals surface area contributed by atoms with Crippen LogP contribution in [0.4, 0.5) is 19.1 Å². The number of piperidine rings is 1. The fraction of sp³-hybridized carbons (Fsp3) is 0.333.